The SMILES string of the molecule is CCN(CC)c1ccc(-c2snc(C)c2C#N)cc1. The van der Waals surface area contributed by atoms with Gasteiger partial charge in [-0.2, -0.15) is 9.64 Å². The van der Waals surface area contributed by atoms with Crippen molar-refractivity contribution in [1.29, 1.82) is 5.26 Å². The Kier molecular flexibility index (Phi) is 4.18. The topological polar surface area (TPSA) is 39.9 Å². The average Bonchev–Trinajstić information content (AvgIpc) is 2.82. The van der Waals surface area contributed by atoms with Crippen LogP contribution in [0.3, 0.4) is 0 Å². The second kappa shape index (κ2) is 5.85. The maximum atomic E-state index is 9.18. The molecule has 0 aliphatic carbocycles. The number of aromatic nitrogens is 1. The van der Waals surface area contributed by atoms with Crippen molar-refractivity contribution in [2.75, 3.05) is 18.0 Å². The fourth-order valence-corrected chi connectivity index (χ4v) is 2.96. The van der Waals surface area contributed by atoms with E-state index in [-0.39, 0.29) is 0 Å². The van der Waals surface area contributed by atoms with Gasteiger partial charge < -0.3 is 4.90 Å². The predicted octanol–water partition coefficient (Wildman–Crippen LogP) is 3.84. The van der Waals surface area contributed by atoms with Crippen LogP contribution in [0.4, 0.5) is 5.69 Å². The Hall–Kier alpha value is -1.86. The van der Waals surface area contributed by atoms with Gasteiger partial charge in [-0.05, 0) is 50.0 Å². The molecule has 0 saturated carbocycles. The number of nitriles is 1. The van der Waals surface area contributed by atoms with Crippen molar-refractivity contribution in [3.63, 3.8) is 0 Å². The van der Waals surface area contributed by atoms with E-state index in [0.717, 1.165) is 29.2 Å². The van der Waals surface area contributed by atoms with Gasteiger partial charge in [0.15, 0.2) is 0 Å². The first kappa shape index (κ1) is 13.6. The molecule has 0 radical (unpaired) electrons. The van der Waals surface area contributed by atoms with Crippen LogP contribution in [-0.4, -0.2) is 17.5 Å². The standard InChI is InChI=1S/C15H17N3S/c1-4-18(5-2)13-8-6-12(7-9-13)15-14(10-16)11(3)17-19-15/h6-9H,4-5H2,1-3H3. The van der Waals surface area contributed by atoms with Gasteiger partial charge in [0.2, 0.25) is 0 Å². The summed E-state index contributed by atoms with van der Waals surface area (Å²) in [6.45, 7) is 8.18. The third-order valence-corrected chi connectivity index (χ3v) is 4.22. The highest BCUT2D eigenvalue weighted by Crippen LogP contribution is 2.31. The second-order valence-electron chi connectivity index (χ2n) is 4.30. The van der Waals surface area contributed by atoms with Gasteiger partial charge in [0.1, 0.15) is 6.07 Å². The van der Waals surface area contributed by atoms with Crippen LogP contribution in [0.15, 0.2) is 24.3 Å². The zero-order valence-corrected chi connectivity index (χ0v) is 12.3. The number of rotatable bonds is 4. The molecule has 1 aromatic heterocycles. The molecule has 3 nitrogen and oxygen atoms in total. The van der Waals surface area contributed by atoms with E-state index < -0.39 is 0 Å². The van der Waals surface area contributed by atoms with Crippen molar-refractivity contribution in [1.82, 2.24) is 4.37 Å². The van der Waals surface area contributed by atoms with E-state index in [1.165, 1.54) is 17.2 Å². The lowest BCUT2D eigenvalue weighted by atomic mass is 10.1. The van der Waals surface area contributed by atoms with E-state index in [9.17, 15) is 5.26 Å². The molecule has 0 fully saturated rings. The lowest BCUT2D eigenvalue weighted by Crippen LogP contribution is -2.21. The van der Waals surface area contributed by atoms with Crippen molar-refractivity contribution >= 4 is 17.2 Å². The third kappa shape index (κ3) is 2.61. The molecule has 19 heavy (non-hydrogen) atoms. The zero-order valence-electron chi connectivity index (χ0n) is 11.5. The Morgan fingerprint density at radius 2 is 1.84 bits per heavy atom. The van der Waals surface area contributed by atoms with Gasteiger partial charge in [-0.15, -0.1) is 0 Å². The van der Waals surface area contributed by atoms with Crippen LogP contribution in [-0.2, 0) is 0 Å². The molecule has 0 N–H and O–H groups in total. The van der Waals surface area contributed by atoms with E-state index in [2.05, 4.69) is 53.5 Å². The molecule has 2 rings (SSSR count). The van der Waals surface area contributed by atoms with Gasteiger partial charge in [0, 0.05) is 18.8 Å². The number of benzene rings is 1. The minimum absolute atomic E-state index is 0.695. The van der Waals surface area contributed by atoms with Crippen LogP contribution in [0.1, 0.15) is 25.1 Å². The van der Waals surface area contributed by atoms with Gasteiger partial charge in [0.05, 0.1) is 16.1 Å². The molecule has 0 unspecified atom stereocenters. The Morgan fingerprint density at radius 3 is 2.37 bits per heavy atom. The molecule has 1 aromatic carbocycles. The molecule has 0 bridgehead atoms. The normalized spacial score (nSPS) is 10.2. The Morgan fingerprint density at radius 1 is 1.21 bits per heavy atom. The van der Waals surface area contributed by atoms with Crippen LogP contribution in [0, 0.1) is 18.3 Å². The summed E-state index contributed by atoms with van der Waals surface area (Å²) in [4.78, 5) is 3.26. The van der Waals surface area contributed by atoms with Crippen LogP contribution >= 0.6 is 11.5 Å². The van der Waals surface area contributed by atoms with Gasteiger partial charge in [0.25, 0.3) is 0 Å². The zero-order chi connectivity index (χ0) is 13.8. The van der Waals surface area contributed by atoms with E-state index in [0.29, 0.717) is 5.56 Å². The monoisotopic (exact) mass is 271 g/mol. The van der Waals surface area contributed by atoms with E-state index in [1.807, 2.05) is 6.92 Å². The lowest BCUT2D eigenvalue weighted by molar-refractivity contribution is 0.866. The molecule has 98 valence electrons. The summed E-state index contributed by atoms with van der Waals surface area (Å²) in [5, 5.41) is 9.18. The van der Waals surface area contributed by atoms with Crippen LogP contribution in [0.25, 0.3) is 10.4 Å². The molecule has 1 heterocycles. The summed E-state index contributed by atoms with van der Waals surface area (Å²) in [6.07, 6.45) is 0. The smallest absolute Gasteiger partial charge is 0.103 e. The van der Waals surface area contributed by atoms with Crippen molar-refractivity contribution in [3.05, 3.63) is 35.5 Å². The number of anilines is 1. The highest BCUT2D eigenvalue weighted by atomic mass is 32.1. The van der Waals surface area contributed by atoms with E-state index in [4.69, 9.17) is 0 Å². The number of hydrogen-bond donors (Lipinski definition) is 0. The first-order valence-corrected chi connectivity index (χ1v) is 7.20. The predicted molar refractivity (Wildman–Crippen MR) is 80.6 cm³/mol. The van der Waals surface area contributed by atoms with Gasteiger partial charge in [-0.3, -0.25) is 0 Å². The maximum Gasteiger partial charge on any atom is 0.103 e. The summed E-state index contributed by atoms with van der Waals surface area (Å²) >= 11 is 1.39. The summed E-state index contributed by atoms with van der Waals surface area (Å²) in [6, 6.07) is 10.6. The summed E-state index contributed by atoms with van der Waals surface area (Å²) in [5.41, 5.74) is 3.79. The number of hydrogen-bond acceptors (Lipinski definition) is 4. The average molecular weight is 271 g/mol. The molecular formula is C15H17N3S. The highest BCUT2D eigenvalue weighted by molar-refractivity contribution is 7.10. The molecule has 4 heteroatoms. The van der Waals surface area contributed by atoms with E-state index in [1.54, 1.807) is 0 Å². The molecule has 0 aliphatic heterocycles. The minimum Gasteiger partial charge on any atom is -0.372 e. The summed E-state index contributed by atoms with van der Waals surface area (Å²) in [5.74, 6) is 0. The fraction of sp³-hybridized carbons (Fsp3) is 0.333. The van der Waals surface area contributed by atoms with E-state index >= 15 is 0 Å². The largest absolute Gasteiger partial charge is 0.372 e. The number of nitrogens with zero attached hydrogens (tertiary/aromatic N) is 3. The maximum absolute atomic E-state index is 9.18. The lowest BCUT2D eigenvalue weighted by Gasteiger charge is -2.21. The third-order valence-electron chi connectivity index (χ3n) is 3.23. The van der Waals surface area contributed by atoms with Crippen LogP contribution in [0.2, 0.25) is 0 Å². The van der Waals surface area contributed by atoms with Crippen molar-refractivity contribution in [2.45, 2.75) is 20.8 Å². The summed E-state index contributed by atoms with van der Waals surface area (Å²) < 4.78 is 4.26. The molecule has 0 atom stereocenters. The molecule has 2 aromatic rings. The van der Waals surface area contributed by atoms with Crippen LogP contribution < -0.4 is 4.90 Å². The van der Waals surface area contributed by atoms with Gasteiger partial charge in [-0.25, -0.2) is 0 Å². The Labute approximate surface area is 118 Å². The molecule has 0 aliphatic rings. The van der Waals surface area contributed by atoms with Crippen molar-refractivity contribution in [3.8, 4) is 16.5 Å². The van der Waals surface area contributed by atoms with Gasteiger partial charge >= 0.3 is 0 Å². The molecule has 0 spiro atoms. The van der Waals surface area contributed by atoms with Crippen molar-refractivity contribution < 1.29 is 0 Å². The first-order valence-electron chi connectivity index (χ1n) is 6.43. The summed E-state index contributed by atoms with van der Waals surface area (Å²) in [7, 11) is 0. The number of aryl methyl sites for hydroxylation is 1. The Bertz CT molecular complexity index is 589. The molecule has 0 amide bonds. The Balaban J connectivity index is 2.35. The highest BCUT2D eigenvalue weighted by Gasteiger charge is 2.12. The molecular weight excluding hydrogens is 254 g/mol. The van der Waals surface area contributed by atoms with Crippen molar-refractivity contribution in [2.24, 2.45) is 0 Å². The van der Waals surface area contributed by atoms with Crippen LogP contribution in [0.5, 0.6) is 0 Å². The fourth-order valence-electron chi connectivity index (χ4n) is 2.11. The molecule has 0 saturated heterocycles. The minimum atomic E-state index is 0.695. The van der Waals surface area contributed by atoms with Gasteiger partial charge in [-0.1, -0.05) is 12.1 Å². The second-order valence-corrected chi connectivity index (χ2v) is 5.08. The first-order chi connectivity index (χ1) is 9.21. The quantitative estimate of drug-likeness (QED) is 0.848.